The first kappa shape index (κ1) is 20.9. The van der Waals surface area contributed by atoms with Gasteiger partial charge in [-0.3, -0.25) is 9.59 Å². The Morgan fingerprint density at radius 1 is 1.10 bits per heavy atom. The number of nitrogens with one attached hydrogen (secondary N) is 2. The molecule has 2 aromatic rings. The van der Waals surface area contributed by atoms with Crippen LogP contribution < -0.4 is 19.9 Å². The highest BCUT2D eigenvalue weighted by molar-refractivity contribution is 5.88. The molecule has 0 saturated carbocycles. The molecule has 154 valence electrons. The van der Waals surface area contributed by atoms with Gasteiger partial charge >= 0.3 is 0 Å². The molecule has 0 bridgehead atoms. The average Bonchev–Trinajstić information content (AvgIpc) is 2.74. The van der Waals surface area contributed by atoms with Crippen molar-refractivity contribution in [3.8, 4) is 5.75 Å². The smallest absolute Gasteiger partial charge is 0.275 e. The molecule has 29 heavy (non-hydrogen) atoms. The zero-order valence-electron chi connectivity index (χ0n) is 17.2. The van der Waals surface area contributed by atoms with Crippen molar-refractivity contribution in [2.45, 2.75) is 19.4 Å². The van der Waals surface area contributed by atoms with Crippen molar-refractivity contribution in [1.82, 2.24) is 5.32 Å². The zero-order chi connectivity index (χ0) is 20.6. The Hall–Kier alpha value is -2.86. The maximum absolute atomic E-state index is 12.5. The Balaban J connectivity index is 1.49. The molecule has 1 aliphatic heterocycles. The molecule has 1 aliphatic rings. The lowest BCUT2D eigenvalue weighted by Gasteiger charge is -2.33. The first-order valence-corrected chi connectivity index (χ1v) is 10.1. The third-order valence-electron chi connectivity index (χ3n) is 5.41. The van der Waals surface area contributed by atoms with Gasteiger partial charge in [-0.2, -0.15) is 0 Å². The van der Waals surface area contributed by atoms with Crippen molar-refractivity contribution < 1.29 is 19.2 Å². The lowest BCUT2D eigenvalue weighted by Crippen LogP contribution is -3.16. The van der Waals surface area contributed by atoms with E-state index in [0.717, 1.165) is 43.2 Å². The Kier molecular flexibility index (Phi) is 7.25. The van der Waals surface area contributed by atoms with E-state index in [-0.39, 0.29) is 11.7 Å². The number of quaternary nitrogens is 1. The van der Waals surface area contributed by atoms with Crippen LogP contribution in [0, 0.1) is 0 Å². The molecule has 1 saturated heterocycles. The number of hydrogen-bond donors (Lipinski definition) is 2. The van der Waals surface area contributed by atoms with E-state index in [0.29, 0.717) is 13.0 Å². The number of carbonyl (C=O) groups excluding carboxylic acids is 2. The summed E-state index contributed by atoms with van der Waals surface area (Å²) in [5, 5.41) is 2.93. The van der Waals surface area contributed by atoms with Crippen LogP contribution in [0.4, 0.5) is 5.69 Å². The minimum Gasteiger partial charge on any atom is -0.497 e. The highest BCUT2D eigenvalue weighted by Crippen LogP contribution is 2.20. The SMILES string of the molecule is COc1cccc(N2CC[NH+](CC(=O)N[C@@H](Cc3ccccc3)C(C)=O)CC2)c1. The number of methoxy groups -OCH3 is 1. The number of nitrogens with zero attached hydrogens (tertiary/aromatic N) is 1. The molecule has 6 nitrogen and oxygen atoms in total. The van der Waals surface area contributed by atoms with Crippen LogP contribution in [0.5, 0.6) is 5.75 Å². The second-order valence-electron chi connectivity index (χ2n) is 7.54. The summed E-state index contributed by atoms with van der Waals surface area (Å²) in [5.41, 5.74) is 2.19. The molecule has 0 spiro atoms. The maximum Gasteiger partial charge on any atom is 0.275 e. The molecule has 1 heterocycles. The van der Waals surface area contributed by atoms with Gasteiger partial charge in [0, 0.05) is 11.8 Å². The quantitative estimate of drug-likeness (QED) is 0.690. The number of ether oxygens (including phenoxy) is 1. The van der Waals surface area contributed by atoms with Gasteiger partial charge in [0.1, 0.15) is 5.75 Å². The summed E-state index contributed by atoms with van der Waals surface area (Å²) in [5.74, 6) is 0.774. The Bertz CT molecular complexity index is 817. The van der Waals surface area contributed by atoms with E-state index in [9.17, 15) is 9.59 Å². The first-order valence-electron chi connectivity index (χ1n) is 10.1. The monoisotopic (exact) mass is 396 g/mol. The molecule has 0 aromatic heterocycles. The number of carbonyl (C=O) groups is 2. The van der Waals surface area contributed by atoms with Crippen molar-refractivity contribution in [2.24, 2.45) is 0 Å². The number of benzene rings is 2. The van der Waals surface area contributed by atoms with Crippen LogP contribution in [0.1, 0.15) is 12.5 Å². The first-order chi connectivity index (χ1) is 14.0. The largest absolute Gasteiger partial charge is 0.497 e. The molecule has 1 amide bonds. The number of amides is 1. The van der Waals surface area contributed by atoms with Crippen LogP contribution >= 0.6 is 0 Å². The van der Waals surface area contributed by atoms with Gasteiger partial charge in [-0.25, -0.2) is 0 Å². The van der Waals surface area contributed by atoms with Gasteiger partial charge in [0.25, 0.3) is 5.91 Å². The molecular formula is C23H30N3O3+. The summed E-state index contributed by atoms with van der Waals surface area (Å²) < 4.78 is 5.31. The van der Waals surface area contributed by atoms with E-state index >= 15 is 0 Å². The van der Waals surface area contributed by atoms with Gasteiger partial charge in [0.05, 0.1) is 39.3 Å². The van der Waals surface area contributed by atoms with Crippen LogP contribution in [0.25, 0.3) is 0 Å². The molecule has 0 aliphatic carbocycles. The molecule has 2 N–H and O–H groups in total. The highest BCUT2D eigenvalue weighted by Gasteiger charge is 2.25. The lowest BCUT2D eigenvalue weighted by molar-refractivity contribution is -0.892. The fourth-order valence-electron chi connectivity index (χ4n) is 3.68. The van der Waals surface area contributed by atoms with Gasteiger partial charge in [-0.05, 0) is 31.0 Å². The van der Waals surface area contributed by atoms with Crippen LogP contribution in [0.3, 0.4) is 0 Å². The van der Waals surface area contributed by atoms with Crippen LogP contribution in [0.15, 0.2) is 54.6 Å². The van der Waals surface area contributed by atoms with Gasteiger partial charge < -0.3 is 19.9 Å². The van der Waals surface area contributed by atoms with Crippen molar-refractivity contribution in [2.75, 3.05) is 44.7 Å². The third kappa shape index (κ3) is 6.06. The van der Waals surface area contributed by atoms with Gasteiger partial charge in [-0.1, -0.05) is 36.4 Å². The summed E-state index contributed by atoms with van der Waals surface area (Å²) in [6.07, 6.45) is 0.529. The molecule has 0 radical (unpaired) electrons. The molecule has 1 atom stereocenters. The summed E-state index contributed by atoms with van der Waals surface area (Å²) in [6, 6.07) is 17.4. The normalized spacial score (nSPS) is 15.6. The molecule has 1 fully saturated rings. The Morgan fingerprint density at radius 2 is 1.83 bits per heavy atom. The summed E-state index contributed by atoms with van der Waals surface area (Å²) in [6.45, 7) is 5.46. The van der Waals surface area contributed by atoms with Crippen LogP contribution in [-0.4, -0.2) is 57.6 Å². The van der Waals surface area contributed by atoms with E-state index in [4.69, 9.17) is 4.74 Å². The predicted octanol–water partition coefficient (Wildman–Crippen LogP) is 0.717. The maximum atomic E-state index is 12.5. The minimum atomic E-state index is -0.470. The van der Waals surface area contributed by atoms with Gasteiger partial charge in [0.15, 0.2) is 12.3 Å². The number of Topliss-reactive ketones (excluding diaryl/α,β-unsaturated/α-hetero) is 1. The number of anilines is 1. The van der Waals surface area contributed by atoms with E-state index < -0.39 is 6.04 Å². The van der Waals surface area contributed by atoms with Crippen molar-refractivity contribution in [3.63, 3.8) is 0 Å². The standard InChI is InChI=1S/C23H29N3O3/c1-18(27)22(15-19-7-4-3-5-8-19)24-23(28)17-25-11-13-26(14-12-25)20-9-6-10-21(16-20)29-2/h3-10,16,22H,11-15,17H2,1-2H3,(H,24,28)/p+1/t22-/m0/s1. The number of rotatable bonds is 8. The third-order valence-corrected chi connectivity index (χ3v) is 5.41. The minimum absolute atomic E-state index is 0.0138. The van der Waals surface area contributed by atoms with Gasteiger partial charge in [-0.15, -0.1) is 0 Å². The molecular weight excluding hydrogens is 366 g/mol. The topological polar surface area (TPSA) is 63.1 Å². The number of hydrogen-bond acceptors (Lipinski definition) is 4. The van der Waals surface area contributed by atoms with E-state index in [1.54, 1.807) is 7.11 Å². The lowest BCUT2D eigenvalue weighted by atomic mass is 10.0. The van der Waals surface area contributed by atoms with Crippen molar-refractivity contribution in [3.05, 3.63) is 60.2 Å². The van der Waals surface area contributed by atoms with E-state index in [1.807, 2.05) is 48.5 Å². The van der Waals surface area contributed by atoms with E-state index in [2.05, 4.69) is 16.3 Å². The molecule has 6 heteroatoms. The second kappa shape index (κ2) is 10.1. The second-order valence-corrected chi connectivity index (χ2v) is 7.54. The van der Waals surface area contributed by atoms with Gasteiger partial charge in [0.2, 0.25) is 0 Å². The zero-order valence-corrected chi connectivity index (χ0v) is 17.2. The van der Waals surface area contributed by atoms with Crippen LogP contribution in [0.2, 0.25) is 0 Å². The fourth-order valence-corrected chi connectivity index (χ4v) is 3.68. The summed E-state index contributed by atoms with van der Waals surface area (Å²) in [7, 11) is 1.67. The van der Waals surface area contributed by atoms with Crippen molar-refractivity contribution in [1.29, 1.82) is 0 Å². The Morgan fingerprint density at radius 3 is 2.48 bits per heavy atom. The number of piperazine rings is 1. The summed E-state index contributed by atoms with van der Waals surface area (Å²) in [4.78, 5) is 28.1. The number of ketones is 1. The summed E-state index contributed by atoms with van der Waals surface area (Å²) >= 11 is 0. The molecule has 2 aromatic carbocycles. The van der Waals surface area contributed by atoms with Crippen molar-refractivity contribution >= 4 is 17.4 Å². The molecule has 0 unspecified atom stereocenters. The highest BCUT2D eigenvalue weighted by atomic mass is 16.5. The fraction of sp³-hybridized carbons (Fsp3) is 0.391. The molecule has 3 rings (SSSR count). The van der Waals surface area contributed by atoms with Crippen LogP contribution in [-0.2, 0) is 16.0 Å². The average molecular weight is 397 g/mol. The Labute approximate surface area is 172 Å². The van der Waals surface area contributed by atoms with E-state index in [1.165, 1.54) is 11.8 Å². The predicted molar refractivity (Wildman–Crippen MR) is 114 cm³/mol.